The van der Waals surface area contributed by atoms with E-state index in [4.69, 9.17) is 9.63 Å². The van der Waals surface area contributed by atoms with Crippen LogP contribution >= 0.6 is 0 Å². The van der Waals surface area contributed by atoms with Crippen LogP contribution in [0.2, 0.25) is 0 Å². The molecule has 2 aromatic rings. The fraction of sp³-hybridized carbons (Fsp3) is 0.385. The zero-order chi connectivity index (χ0) is 12.6. The lowest BCUT2D eigenvalue weighted by molar-refractivity contribution is -0.146. The average Bonchev–Trinajstić information content (AvgIpc) is 2.61. The molecule has 0 aliphatic heterocycles. The molecule has 4 nitrogen and oxygen atoms in total. The highest BCUT2D eigenvalue weighted by Crippen LogP contribution is 2.29. The summed E-state index contributed by atoms with van der Waals surface area (Å²) >= 11 is 0. The lowest BCUT2D eigenvalue weighted by Gasteiger charge is -2.19. The van der Waals surface area contributed by atoms with E-state index in [-0.39, 0.29) is 0 Å². The predicted molar refractivity (Wildman–Crippen MR) is 63.9 cm³/mol. The number of hydrogen-bond acceptors (Lipinski definition) is 3. The van der Waals surface area contributed by atoms with Crippen molar-refractivity contribution in [3.8, 4) is 0 Å². The Kier molecular flexibility index (Phi) is 2.65. The maximum absolute atomic E-state index is 11.1. The molecule has 17 heavy (non-hydrogen) atoms. The van der Waals surface area contributed by atoms with Gasteiger partial charge in [0.15, 0.2) is 5.58 Å². The van der Waals surface area contributed by atoms with E-state index < -0.39 is 11.4 Å². The van der Waals surface area contributed by atoms with Crippen molar-refractivity contribution >= 4 is 16.9 Å². The maximum atomic E-state index is 11.1. The summed E-state index contributed by atoms with van der Waals surface area (Å²) in [6.07, 6.45) is 0.460. The molecule has 90 valence electrons. The largest absolute Gasteiger partial charge is 0.481 e. The van der Waals surface area contributed by atoms with Gasteiger partial charge < -0.3 is 9.63 Å². The van der Waals surface area contributed by atoms with Crippen molar-refractivity contribution in [2.45, 2.75) is 27.2 Å². The average molecular weight is 233 g/mol. The number of aryl methyl sites for hydroxylation is 1. The first kappa shape index (κ1) is 11.6. The third-order valence-corrected chi connectivity index (χ3v) is 2.97. The fourth-order valence-electron chi connectivity index (χ4n) is 1.93. The highest BCUT2D eigenvalue weighted by molar-refractivity contribution is 5.84. The Bertz CT molecular complexity index is 569. The number of nitrogens with zero attached hydrogens (tertiary/aromatic N) is 1. The summed E-state index contributed by atoms with van der Waals surface area (Å²) in [5.41, 5.74) is 1.68. The third-order valence-electron chi connectivity index (χ3n) is 2.97. The molecule has 0 spiro atoms. The van der Waals surface area contributed by atoms with Crippen LogP contribution in [0.3, 0.4) is 0 Å². The van der Waals surface area contributed by atoms with Crippen molar-refractivity contribution in [2.24, 2.45) is 5.41 Å². The van der Waals surface area contributed by atoms with E-state index in [0.29, 0.717) is 12.0 Å². The summed E-state index contributed by atoms with van der Waals surface area (Å²) in [7, 11) is 0. The predicted octanol–water partition coefficient (Wildman–Crippen LogP) is 2.79. The number of carboxylic acid groups (broad SMARTS) is 1. The minimum Gasteiger partial charge on any atom is -0.481 e. The summed E-state index contributed by atoms with van der Waals surface area (Å²) in [5.74, 6) is -0.802. The van der Waals surface area contributed by atoms with Gasteiger partial charge in [-0.3, -0.25) is 4.79 Å². The Morgan fingerprint density at radius 2 is 2.18 bits per heavy atom. The van der Waals surface area contributed by atoms with Gasteiger partial charge in [-0.05, 0) is 38.8 Å². The minimum atomic E-state index is -0.802. The number of rotatable bonds is 3. The number of benzene rings is 1. The van der Waals surface area contributed by atoms with Crippen molar-refractivity contribution in [1.29, 1.82) is 0 Å². The van der Waals surface area contributed by atoms with Gasteiger partial charge in [-0.25, -0.2) is 0 Å². The first-order chi connectivity index (χ1) is 7.92. The van der Waals surface area contributed by atoms with E-state index in [1.807, 2.05) is 25.1 Å². The molecule has 1 heterocycles. The van der Waals surface area contributed by atoms with E-state index in [1.54, 1.807) is 13.8 Å². The summed E-state index contributed by atoms with van der Waals surface area (Å²) in [4.78, 5) is 11.1. The van der Waals surface area contributed by atoms with Crippen molar-refractivity contribution < 1.29 is 14.4 Å². The van der Waals surface area contributed by atoms with Gasteiger partial charge in [-0.1, -0.05) is 17.3 Å². The van der Waals surface area contributed by atoms with E-state index in [9.17, 15) is 4.79 Å². The standard InChI is InChI=1S/C13H15NO3/c1-8-11-9(7-13(2,3)12(15)16)5-4-6-10(11)17-14-8/h4-6H,7H2,1-3H3,(H,15,16). The molecule has 0 amide bonds. The van der Waals surface area contributed by atoms with Gasteiger partial charge in [0, 0.05) is 5.39 Å². The number of fused-ring (bicyclic) bond motifs is 1. The zero-order valence-electron chi connectivity index (χ0n) is 10.2. The topological polar surface area (TPSA) is 63.3 Å². The highest BCUT2D eigenvalue weighted by Gasteiger charge is 2.28. The van der Waals surface area contributed by atoms with Crippen LogP contribution < -0.4 is 0 Å². The maximum Gasteiger partial charge on any atom is 0.309 e. The van der Waals surface area contributed by atoms with Crippen molar-refractivity contribution in [3.05, 3.63) is 29.5 Å². The summed E-state index contributed by atoms with van der Waals surface area (Å²) in [6.45, 7) is 5.30. The molecule has 0 fully saturated rings. The molecule has 0 radical (unpaired) electrons. The van der Waals surface area contributed by atoms with Crippen LogP contribution in [-0.2, 0) is 11.2 Å². The van der Waals surface area contributed by atoms with Crippen molar-refractivity contribution in [2.75, 3.05) is 0 Å². The molecule has 0 atom stereocenters. The molecule has 0 bridgehead atoms. The molecule has 4 heteroatoms. The van der Waals surface area contributed by atoms with Gasteiger partial charge in [0.05, 0.1) is 11.1 Å². The van der Waals surface area contributed by atoms with Crippen LogP contribution in [0.5, 0.6) is 0 Å². The van der Waals surface area contributed by atoms with Crippen LogP contribution in [0.1, 0.15) is 25.1 Å². The van der Waals surface area contributed by atoms with Crippen molar-refractivity contribution in [1.82, 2.24) is 5.16 Å². The van der Waals surface area contributed by atoms with Gasteiger partial charge in [-0.15, -0.1) is 0 Å². The molecule has 1 N–H and O–H groups in total. The fourth-order valence-corrected chi connectivity index (χ4v) is 1.93. The molecular formula is C13H15NO3. The number of carboxylic acids is 1. The quantitative estimate of drug-likeness (QED) is 0.885. The van der Waals surface area contributed by atoms with Crippen LogP contribution in [-0.4, -0.2) is 16.2 Å². The first-order valence-corrected chi connectivity index (χ1v) is 5.49. The number of aliphatic carboxylic acids is 1. The minimum absolute atomic E-state index is 0.460. The van der Waals surface area contributed by atoms with Gasteiger partial charge in [0.1, 0.15) is 0 Å². The summed E-state index contributed by atoms with van der Waals surface area (Å²) in [6, 6.07) is 5.63. The zero-order valence-corrected chi connectivity index (χ0v) is 10.2. The van der Waals surface area contributed by atoms with Gasteiger partial charge >= 0.3 is 5.97 Å². The normalized spacial score (nSPS) is 11.9. The van der Waals surface area contributed by atoms with Crippen LogP contribution in [0.15, 0.2) is 22.7 Å². The number of aromatic nitrogens is 1. The second-order valence-corrected chi connectivity index (χ2v) is 4.92. The van der Waals surface area contributed by atoms with Gasteiger partial charge in [0.25, 0.3) is 0 Å². The Hall–Kier alpha value is -1.84. The highest BCUT2D eigenvalue weighted by atomic mass is 16.5. The molecule has 0 aliphatic rings. The lowest BCUT2D eigenvalue weighted by atomic mass is 9.84. The summed E-state index contributed by atoms with van der Waals surface area (Å²) in [5, 5.41) is 14.0. The smallest absolute Gasteiger partial charge is 0.309 e. The molecule has 1 aromatic heterocycles. The van der Waals surface area contributed by atoms with Crippen LogP contribution in [0, 0.1) is 12.3 Å². The molecular weight excluding hydrogens is 218 g/mol. The summed E-state index contributed by atoms with van der Waals surface area (Å²) < 4.78 is 5.17. The Morgan fingerprint density at radius 3 is 2.82 bits per heavy atom. The van der Waals surface area contributed by atoms with Gasteiger partial charge in [0.2, 0.25) is 0 Å². The molecule has 0 unspecified atom stereocenters. The van der Waals surface area contributed by atoms with Gasteiger partial charge in [-0.2, -0.15) is 0 Å². The van der Waals surface area contributed by atoms with E-state index in [2.05, 4.69) is 5.16 Å². The Morgan fingerprint density at radius 1 is 1.47 bits per heavy atom. The van der Waals surface area contributed by atoms with Crippen LogP contribution in [0.4, 0.5) is 0 Å². The van der Waals surface area contributed by atoms with E-state index in [1.165, 1.54) is 0 Å². The molecule has 0 saturated heterocycles. The second-order valence-electron chi connectivity index (χ2n) is 4.92. The number of hydrogen-bond donors (Lipinski definition) is 1. The molecule has 0 aliphatic carbocycles. The SMILES string of the molecule is Cc1noc2cccc(CC(C)(C)C(=O)O)c12. The van der Waals surface area contributed by atoms with Crippen molar-refractivity contribution in [3.63, 3.8) is 0 Å². The Balaban J connectivity index is 2.49. The van der Waals surface area contributed by atoms with E-state index in [0.717, 1.165) is 16.6 Å². The number of carbonyl (C=O) groups is 1. The Labute approximate surface area is 99.2 Å². The third kappa shape index (κ3) is 2.02. The monoisotopic (exact) mass is 233 g/mol. The first-order valence-electron chi connectivity index (χ1n) is 5.49. The molecule has 0 saturated carbocycles. The molecule has 2 rings (SSSR count). The van der Waals surface area contributed by atoms with Crippen LogP contribution in [0.25, 0.3) is 11.0 Å². The lowest BCUT2D eigenvalue weighted by Crippen LogP contribution is -2.26. The molecule has 1 aromatic carbocycles. The second kappa shape index (κ2) is 3.87. The van der Waals surface area contributed by atoms with E-state index >= 15 is 0 Å².